The van der Waals surface area contributed by atoms with E-state index in [9.17, 15) is 4.79 Å². The summed E-state index contributed by atoms with van der Waals surface area (Å²) in [7, 11) is 0. The molecule has 0 saturated heterocycles. The molecule has 1 unspecified atom stereocenters. The Morgan fingerprint density at radius 2 is 2.10 bits per heavy atom. The second-order valence-corrected chi connectivity index (χ2v) is 5.29. The number of nitrogens with zero attached hydrogens (tertiary/aromatic N) is 1. The fourth-order valence-corrected chi connectivity index (χ4v) is 2.57. The highest BCUT2D eigenvalue weighted by atomic mass is 79.9. The zero-order valence-corrected chi connectivity index (χ0v) is 12.9. The summed E-state index contributed by atoms with van der Waals surface area (Å²) in [6.45, 7) is 2.00. The molecule has 0 bridgehead atoms. The molecule has 0 fully saturated rings. The topological polar surface area (TPSA) is 42.0 Å². The maximum atomic E-state index is 12.3. The van der Waals surface area contributed by atoms with Crippen molar-refractivity contribution < 1.29 is 4.79 Å². The van der Waals surface area contributed by atoms with Gasteiger partial charge in [0.1, 0.15) is 0 Å². The van der Waals surface area contributed by atoms with E-state index >= 15 is 0 Å². The summed E-state index contributed by atoms with van der Waals surface area (Å²) in [4.78, 5) is 16.4. The van der Waals surface area contributed by atoms with Crippen molar-refractivity contribution in [1.82, 2.24) is 10.3 Å². The zero-order chi connectivity index (χ0) is 14.4. The molecule has 1 amide bonds. The number of nitrogens with one attached hydrogen (secondary N) is 1. The van der Waals surface area contributed by atoms with Gasteiger partial charge >= 0.3 is 0 Å². The lowest BCUT2D eigenvalue weighted by Crippen LogP contribution is -2.34. The average Bonchev–Trinajstić information content (AvgIpc) is 2.48. The van der Waals surface area contributed by atoms with Gasteiger partial charge < -0.3 is 5.32 Å². The first-order chi connectivity index (χ1) is 9.70. The van der Waals surface area contributed by atoms with Crippen LogP contribution in [-0.2, 0) is 11.8 Å². The maximum Gasteiger partial charge on any atom is 0.251 e. The van der Waals surface area contributed by atoms with E-state index in [-0.39, 0.29) is 11.9 Å². The standard InChI is InChI=1S/C16H17BrN2O/c1-12(9-13-5-4-8-18-11-13)19-16(20)15-7-3-2-6-14(15)10-17/h2-8,11-12H,9-10H2,1H3,(H,19,20). The molecule has 1 atom stereocenters. The summed E-state index contributed by atoms with van der Waals surface area (Å²) in [5, 5.41) is 3.71. The molecule has 0 aliphatic heterocycles. The lowest BCUT2D eigenvalue weighted by atomic mass is 10.1. The van der Waals surface area contributed by atoms with Gasteiger partial charge in [-0.25, -0.2) is 0 Å². The SMILES string of the molecule is CC(Cc1cccnc1)NC(=O)c1ccccc1CBr. The van der Waals surface area contributed by atoms with Gasteiger partial charge in [0.25, 0.3) is 5.91 Å². The number of halogens is 1. The Kier molecular flexibility index (Phi) is 5.30. The minimum atomic E-state index is -0.0311. The second-order valence-electron chi connectivity index (χ2n) is 4.73. The molecule has 2 aromatic rings. The van der Waals surface area contributed by atoms with Crippen LogP contribution in [0.2, 0.25) is 0 Å². The summed E-state index contributed by atoms with van der Waals surface area (Å²) in [5.74, 6) is -0.0311. The zero-order valence-electron chi connectivity index (χ0n) is 11.3. The summed E-state index contributed by atoms with van der Waals surface area (Å²) in [6, 6.07) is 11.6. The second kappa shape index (κ2) is 7.20. The summed E-state index contributed by atoms with van der Waals surface area (Å²) in [6.07, 6.45) is 4.35. The fraction of sp³-hybridized carbons (Fsp3) is 0.250. The Balaban J connectivity index is 2.00. The first kappa shape index (κ1) is 14.7. The van der Waals surface area contributed by atoms with Gasteiger partial charge in [-0.15, -0.1) is 0 Å². The molecule has 0 aliphatic rings. The quantitative estimate of drug-likeness (QED) is 0.853. The minimum Gasteiger partial charge on any atom is -0.349 e. The van der Waals surface area contributed by atoms with Crippen LogP contribution >= 0.6 is 15.9 Å². The number of hydrogen-bond donors (Lipinski definition) is 1. The van der Waals surface area contributed by atoms with Crippen LogP contribution in [0.25, 0.3) is 0 Å². The largest absolute Gasteiger partial charge is 0.349 e. The van der Waals surface area contributed by atoms with Crippen LogP contribution < -0.4 is 5.32 Å². The molecule has 1 aromatic heterocycles. The van der Waals surface area contributed by atoms with E-state index in [1.165, 1.54) is 0 Å². The van der Waals surface area contributed by atoms with Crippen LogP contribution in [0.15, 0.2) is 48.8 Å². The Labute approximate surface area is 127 Å². The fourth-order valence-electron chi connectivity index (χ4n) is 2.08. The van der Waals surface area contributed by atoms with Gasteiger partial charge in [0, 0.05) is 29.3 Å². The van der Waals surface area contributed by atoms with E-state index in [1.54, 1.807) is 6.20 Å². The van der Waals surface area contributed by atoms with E-state index in [0.29, 0.717) is 5.33 Å². The van der Waals surface area contributed by atoms with Crippen molar-refractivity contribution >= 4 is 21.8 Å². The Bertz CT molecular complexity index is 572. The predicted molar refractivity (Wildman–Crippen MR) is 83.9 cm³/mol. The third-order valence-corrected chi connectivity index (χ3v) is 3.65. The van der Waals surface area contributed by atoms with Crippen molar-refractivity contribution in [2.75, 3.05) is 0 Å². The molecule has 4 heteroatoms. The van der Waals surface area contributed by atoms with E-state index in [2.05, 4.69) is 26.2 Å². The highest BCUT2D eigenvalue weighted by Gasteiger charge is 2.13. The number of rotatable bonds is 5. The number of aromatic nitrogens is 1. The van der Waals surface area contributed by atoms with Gasteiger partial charge in [-0.3, -0.25) is 9.78 Å². The van der Waals surface area contributed by atoms with Crippen molar-refractivity contribution in [2.45, 2.75) is 24.7 Å². The first-order valence-corrected chi connectivity index (χ1v) is 7.66. The molecule has 0 spiro atoms. The molecule has 0 aliphatic carbocycles. The number of amides is 1. The third-order valence-electron chi connectivity index (χ3n) is 3.05. The molecule has 0 saturated carbocycles. The number of alkyl halides is 1. The molecule has 1 N–H and O–H groups in total. The maximum absolute atomic E-state index is 12.3. The van der Waals surface area contributed by atoms with E-state index in [1.807, 2.05) is 49.5 Å². The van der Waals surface area contributed by atoms with Crippen molar-refractivity contribution in [1.29, 1.82) is 0 Å². The first-order valence-electron chi connectivity index (χ1n) is 6.54. The van der Waals surface area contributed by atoms with Gasteiger partial charge in [-0.1, -0.05) is 40.2 Å². The molecular weight excluding hydrogens is 316 g/mol. The number of carbonyl (C=O) groups excluding carboxylic acids is 1. The van der Waals surface area contributed by atoms with E-state index in [0.717, 1.165) is 23.1 Å². The van der Waals surface area contributed by atoms with Crippen molar-refractivity contribution in [3.8, 4) is 0 Å². The highest BCUT2D eigenvalue weighted by molar-refractivity contribution is 9.08. The molecule has 104 valence electrons. The lowest BCUT2D eigenvalue weighted by Gasteiger charge is -2.15. The molecule has 1 heterocycles. The Morgan fingerprint density at radius 1 is 1.30 bits per heavy atom. The smallest absolute Gasteiger partial charge is 0.251 e. The van der Waals surface area contributed by atoms with Crippen LogP contribution in [0.1, 0.15) is 28.4 Å². The van der Waals surface area contributed by atoms with Crippen LogP contribution in [0.4, 0.5) is 0 Å². The number of benzene rings is 1. The number of carbonyl (C=O) groups is 1. The summed E-state index contributed by atoms with van der Waals surface area (Å²) < 4.78 is 0. The van der Waals surface area contributed by atoms with Crippen LogP contribution in [0.5, 0.6) is 0 Å². The van der Waals surface area contributed by atoms with Crippen molar-refractivity contribution in [2.24, 2.45) is 0 Å². The molecule has 0 radical (unpaired) electrons. The third kappa shape index (κ3) is 3.90. The van der Waals surface area contributed by atoms with Gasteiger partial charge in [0.05, 0.1) is 0 Å². The summed E-state index contributed by atoms with van der Waals surface area (Å²) in [5.41, 5.74) is 2.84. The van der Waals surface area contributed by atoms with Gasteiger partial charge in [0.2, 0.25) is 0 Å². The molecule has 2 rings (SSSR count). The van der Waals surface area contributed by atoms with Gasteiger partial charge in [-0.2, -0.15) is 0 Å². The monoisotopic (exact) mass is 332 g/mol. The molecule has 1 aromatic carbocycles. The van der Waals surface area contributed by atoms with Gasteiger partial charge in [-0.05, 0) is 36.6 Å². The summed E-state index contributed by atoms with van der Waals surface area (Å²) >= 11 is 3.41. The van der Waals surface area contributed by atoms with Crippen LogP contribution in [0.3, 0.4) is 0 Å². The lowest BCUT2D eigenvalue weighted by molar-refractivity contribution is 0.0939. The van der Waals surface area contributed by atoms with Crippen LogP contribution in [0, 0.1) is 0 Å². The molecule has 3 nitrogen and oxygen atoms in total. The number of hydrogen-bond acceptors (Lipinski definition) is 2. The Morgan fingerprint density at radius 3 is 2.80 bits per heavy atom. The highest BCUT2D eigenvalue weighted by Crippen LogP contribution is 2.13. The number of pyridine rings is 1. The molecule has 20 heavy (non-hydrogen) atoms. The van der Waals surface area contributed by atoms with Crippen molar-refractivity contribution in [3.05, 3.63) is 65.5 Å². The van der Waals surface area contributed by atoms with E-state index < -0.39 is 0 Å². The average molecular weight is 333 g/mol. The Hall–Kier alpha value is -1.68. The minimum absolute atomic E-state index is 0.0311. The normalized spacial score (nSPS) is 11.9. The van der Waals surface area contributed by atoms with Crippen LogP contribution in [-0.4, -0.2) is 16.9 Å². The van der Waals surface area contributed by atoms with E-state index in [4.69, 9.17) is 0 Å². The van der Waals surface area contributed by atoms with Gasteiger partial charge in [0.15, 0.2) is 0 Å². The predicted octanol–water partition coefficient (Wildman–Crippen LogP) is 3.34. The van der Waals surface area contributed by atoms with Crippen molar-refractivity contribution in [3.63, 3.8) is 0 Å². The molecular formula is C16H17BrN2O.